The van der Waals surface area contributed by atoms with Crippen molar-refractivity contribution in [2.45, 2.75) is 42.8 Å². The molecule has 82 valence electrons. The second-order valence-corrected chi connectivity index (χ2v) is 5.87. The van der Waals surface area contributed by atoms with Crippen molar-refractivity contribution in [3.8, 4) is 5.75 Å². The highest BCUT2D eigenvalue weighted by molar-refractivity contribution is 8.00. The minimum atomic E-state index is 0.358. The summed E-state index contributed by atoms with van der Waals surface area (Å²) in [7, 11) is 0. The van der Waals surface area contributed by atoms with Crippen LogP contribution in [0.4, 0.5) is 0 Å². The number of thioether (sulfide) groups is 1. The lowest BCUT2D eigenvalue weighted by molar-refractivity contribution is 0.393. The van der Waals surface area contributed by atoms with E-state index in [1.165, 1.54) is 30.6 Å². The van der Waals surface area contributed by atoms with Crippen LogP contribution < -0.4 is 0 Å². The summed E-state index contributed by atoms with van der Waals surface area (Å²) in [5.41, 5.74) is 0. The Morgan fingerprint density at radius 3 is 2.27 bits per heavy atom. The summed E-state index contributed by atoms with van der Waals surface area (Å²) in [4.78, 5) is 1.28. The SMILES string of the molecule is CC1CCC(Sc2ccc(O)cc2)CC1. The highest BCUT2D eigenvalue weighted by atomic mass is 32.2. The summed E-state index contributed by atoms with van der Waals surface area (Å²) >= 11 is 1.96. The average molecular weight is 222 g/mol. The minimum absolute atomic E-state index is 0.358. The van der Waals surface area contributed by atoms with Crippen molar-refractivity contribution in [3.63, 3.8) is 0 Å². The maximum Gasteiger partial charge on any atom is 0.115 e. The number of benzene rings is 1. The Bertz CT molecular complexity index is 299. The quantitative estimate of drug-likeness (QED) is 0.814. The fourth-order valence-corrected chi connectivity index (χ4v) is 3.25. The molecule has 0 aromatic heterocycles. The number of rotatable bonds is 2. The largest absolute Gasteiger partial charge is 0.508 e. The third-order valence-electron chi connectivity index (χ3n) is 3.10. The molecule has 0 radical (unpaired) electrons. The van der Waals surface area contributed by atoms with Gasteiger partial charge in [-0.3, -0.25) is 0 Å². The van der Waals surface area contributed by atoms with Crippen LogP contribution in [0.15, 0.2) is 29.2 Å². The van der Waals surface area contributed by atoms with E-state index in [0.717, 1.165) is 11.2 Å². The number of aromatic hydroxyl groups is 1. The van der Waals surface area contributed by atoms with Gasteiger partial charge in [0.2, 0.25) is 0 Å². The number of hydrogen-bond acceptors (Lipinski definition) is 2. The first kappa shape index (κ1) is 10.9. The second kappa shape index (κ2) is 4.93. The average Bonchev–Trinajstić information content (AvgIpc) is 2.25. The van der Waals surface area contributed by atoms with Crippen LogP contribution in [0.3, 0.4) is 0 Å². The molecule has 0 saturated heterocycles. The first-order valence-electron chi connectivity index (χ1n) is 5.70. The molecular formula is C13H18OS. The molecule has 1 fully saturated rings. The topological polar surface area (TPSA) is 20.2 Å². The Morgan fingerprint density at radius 2 is 1.67 bits per heavy atom. The molecule has 0 amide bonds. The third-order valence-corrected chi connectivity index (χ3v) is 4.45. The van der Waals surface area contributed by atoms with E-state index in [4.69, 9.17) is 0 Å². The van der Waals surface area contributed by atoms with Gasteiger partial charge in [-0.1, -0.05) is 6.92 Å². The maximum atomic E-state index is 9.19. The fraction of sp³-hybridized carbons (Fsp3) is 0.538. The first-order chi connectivity index (χ1) is 7.24. The molecule has 2 heteroatoms. The van der Waals surface area contributed by atoms with Gasteiger partial charge in [0.1, 0.15) is 5.75 Å². The lowest BCUT2D eigenvalue weighted by Crippen LogP contribution is -2.13. The van der Waals surface area contributed by atoms with Crippen molar-refractivity contribution in [2.75, 3.05) is 0 Å². The molecule has 0 bridgehead atoms. The Morgan fingerprint density at radius 1 is 1.07 bits per heavy atom. The van der Waals surface area contributed by atoms with Crippen molar-refractivity contribution in [3.05, 3.63) is 24.3 Å². The van der Waals surface area contributed by atoms with Crippen LogP contribution in [0.1, 0.15) is 32.6 Å². The van der Waals surface area contributed by atoms with E-state index in [9.17, 15) is 5.11 Å². The number of hydrogen-bond donors (Lipinski definition) is 1. The van der Waals surface area contributed by atoms with E-state index in [1.807, 2.05) is 23.9 Å². The highest BCUT2D eigenvalue weighted by Gasteiger charge is 2.18. The van der Waals surface area contributed by atoms with E-state index in [1.54, 1.807) is 12.1 Å². The van der Waals surface area contributed by atoms with E-state index in [2.05, 4.69) is 6.92 Å². The van der Waals surface area contributed by atoms with Crippen LogP contribution in [0.2, 0.25) is 0 Å². The van der Waals surface area contributed by atoms with Gasteiger partial charge in [0, 0.05) is 10.1 Å². The molecule has 1 aromatic rings. The third kappa shape index (κ3) is 3.16. The van der Waals surface area contributed by atoms with Gasteiger partial charge in [-0.15, -0.1) is 11.8 Å². The molecule has 1 saturated carbocycles. The normalized spacial score (nSPS) is 26.5. The van der Waals surface area contributed by atoms with Gasteiger partial charge in [-0.2, -0.15) is 0 Å². The van der Waals surface area contributed by atoms with Crippen LogP contribution in [0.25, 0.3) is 0 Å². The predicted octanol–water partition coefficient (Wildman–Crippen LogP) is 4.06. The van der Waals surface area contributed by atoms with E-state index >= 15 is 0 Å². The van der Waals surface area contributed by atoms with Gasteiger partial charge < -0.3 is 5.11 Å². The van der Waals surface area contributed by atoms with Gasteiger partial charge in [0.05, 0.1) is 0 Å². The van der Waals surface area contributed by atoms with Gasteiger partial charge >= 0.3 is 0 Å². The van der Waals surface area contributed by atoms with E-state index in [0.29, 0.717) is 5.75 Å². The molecule has 1 aromatic carbocycles. The molecule has 0 atom stereocenters. The molecule has 0 heterocycles. The lowest BCUT2D eigenvalue weighted by atomic mass is 9.91. The van der Waals surface area contributed by atoms with Crippen LogP contribution >= 0.6 is 11.8 Å². The molecule has 1 nitrogen and oxygen atoms in total. The van der Waals surface area contributed by atoms with Crippen molar-refractivity contribution in [2.24, 2.45) is 5.92 Å². The highest BCUT2D eigenvalue weighted by Crippen LogP contribution is 2.35. The van der Waals surface area contributed by atoms with Gasteiger partial charge in [0.15, 0.2) is 0 Å². The van der Waals surface area contributed by atoms with Crippen LogP contribution in [-0.4, -0.2) is 10.4 Å². The number of phenols is 1. The standard InChI is InChI=1S/C13H18OS/c1-10-2-6-12(7-3-10)15-13-8-4-11(14)5-9-13/h4-5,8-10,12,14H,2-3,6-7H2,1H3. The van der Waals surface area contributed by atoms with Crippen molar-refractivity contribution in [1.82, 2.24) is 0 Å². The summed E-state index contributed by atoms with van der Waals surface area (Å²) in [5.74, 6) is 1.28. The molecule has 1 N–H and O–H groups in total. The summed E-state index contributed by atoms with van der Waals surface area (Å²) in [5, 5.41) is 9.97. The molecule has 15 heavy (non-hydrogen) atoms. The Balaban J connectivity index is 1.89. The second-order valence-electron chi connectivity index (χ2n) is 4.49. The zero-order chi connectivity index (χ0) is 10.7. The van der Waals surface area contributed by atoms with Gasteiger partial charge in [0.25, 0.3) is 0 Å². The minimum Gasteiger partial charge on any atom is -0.508 e. The maximum absolute atomic E-state index is 9.19. The Kier molecular flexibility index (Phi) is 3.57. The summed E-state index contributed by atoms with van der Waals surface area (Å²) in [6.07, 6.45) is 5.42. The molecule has 0 spiro atoms. The summed E-state index contributed by atoms with van der Waals surface area (Å²) in [6.45, 7) is 2.35. The molecule has 1 aliphatic rings. The Hall–Kier alpha value is -0.630. The molecule has 2 rings (SSSR count). The van der Waals surface area contributed by atoms with Gasteiger partial charge in [-0.05, 0) is 55.9 Å². The summed E-state index contributed by atoms with van der Waals surface area (Å²) < 4.78 is 0. The first-order valence-corrected chi connectivity index (χ1v) is 6.57. The Labute approximate surface area is 95.9 Å². The van der Waals surface area contributed by atoms with Crippen molar-refractivity contribution >= 4 is 11.8 Å². The van der Waals surface area contributed by atoms with Crippen LogP contribution in [0, 0.1) is 5.92 Å². The number of phenolic OH excluding ortho intramolecular Hbond substituents is 1. The van der Waals surface area contributed by atoms with E-state index in [-0.39, 0.29) is 0 Å². The van der Waals surface area contributed by atoms with Crippen LogP contribution in [0.5, 0.6) is 5.75 Å². The predicted molar refractivity (Wildman–Crippen MR) is 65.4 cm³/mol. The molecule has 1 aliphatic carbocycles. The fourth-order valence-electron chi connectivity index (χ4n) is 2.06. The smallest absolute Gasteiger partial charge is 0.115 e. The zero-order valence-electron chi connectivity index (χ0n) is 9.15. The molecular weight excluding hydrogens is 204 g/mol. The zero-order valence-corrected chi connectivity index (χ0v) is 9.96. The van der Waals surface area contributed by atoms with Gasteiger partial charge in [-0.25, -0.2) is 0 Å². The summed E-state index contributed by atoms with van der Waals surface area (Å²) in [6, 6.07) is 7.57. The van der Waals surface area contributed by atoms with Crippen molar-refractivity contribution in [1.29, 1.82) is 0 Å². The monoisotopic (exact) mass is 222 g/mol. The molecule has 0 unspecified atom stereocenters. The lowest BCUT2D eigenvalue weighted by Gasteiger charge is -2.25. The van der Waals surface area contributed by atoms with Crippen LogP contribution in [-0.2, 0) is 0 Å². The van der Waals surface area contributed by atoms with E-state index < -0.39 is 0 Å². The van der Waals surface area contributed by atoms with Crippen molar-refractivity contribution < 1.29 is 5.11 Å². The molecule has 0 aliphatic heterocycles.